The monoisotopic (exact) mass is 865 g/mol. The third kappa shape index (κ3) is 8.38. The van der Waals surface area contributed by atoms with Crippen molar-refractivity contribution < 1.29 is 42.2 Å². The standard InChI is InChI=1S/C45H46F3N9O6/c1-26-2-5-29(19-36(26)56-13-10-37(58)52-44(56)62)42(61)55-16-17-63-45(25-55)11-14-54(15-12-45)43-50-22-31(23-51-43)28-6-7-30-24-57(53-35(30)18-28)32-8-3-27(4-9-32)21-49-41(60)33-20-34(46)40(59)39(48)38(33)47/h2,5-7,18-20,22-24,27,32,59H,3-4,8-17,21,25H2,1H3,(H,49,60)(H,52,58,62). The minimum absolute atomic E-state index is 0.0980. The second-order valence-electron chi connectivity index (χ2n) is 16.9. The van der Waals surface area contributed by atoms with Crippen LogP contribution in [0.3, 0.4) is 0 Å². The summed E-state index contributed by atoms with van der Waals surface area (Å²) >= 11 is 0. The number of benzene rings is 3. The van der Waals surface area contributed by atoms with Crippen LogP contribution in [0.15, 0.2) is 61.1 Å². The predicted molar refractivity (Wildman–Crippen MR) is 225 cm³/mol. The molecule has 0 unspecified atom stereocenters. The number of aryl methyl sites for hydroxylation is 1. The largest absolute Gasteiger partial charge is 0.503 e. The second kappa shape index (κ2) is 17.0. The van der Waals surface area contributed by atoms with Crippen molar-refractivity contribution in [3.8, 4) is 16.9 Å². The first-order valence-corrected chi connectivity index (χ1v) is 21.2. The number of ether oxygens (including phenoxy) is 1. The molecule has 3 aromatic carbocycles. The number of aromatic nitrogens is 4. The molecule has 15 nitrogen and oxygen atoms in total. The molecule has 4 aliphatic rings. The summed E-state index contributed by atoms with van der Waals surface area (Å²) in [5.41, 5.74) is 3.24. The molecule has 0 radical (unpaired) electrons. The molecular weight excluding hydrogens is 820 g/mol. The summed E-state index contributed by atoms with van der Waals surface area (Å²) in [5, 5.41) is 20.1. The molecule has 3 N–H and O–H groups in total. The van der Waals surface area contributed by atoms with Crippen LogP contribution in [0.25, 0.3) is 22.0 Å². The topological polar surface area (TPSA) is 175 Å². The van der Waals surface area contributed by atoms with E-state index in [1.807, 2.05) is 59.4 Å². The van der Waals surface area contributed by atoms with Gasteiger partial charge in [-0.2, -0.15) is 9.49 Å². The number of anilines is 2. The molecule has 5 heterocycles. The van der Waals surface area contributed by atoms with E-state index >= 15 is 0 Å². The number of carbonyl (C=O) groups excluding carboxylic acids is 4. The lowest BCUT2D eigenvalue weighted by Gasteiger charge is -2.47. The van der Waals surface area contributed by atoms with E-state index < -0.39 is 46.3 Å². The van der Waals surface area contributed by atoms with Crippen molar-refractivity contribution in [2.24, 2.45) is 5.92 Å². The summed E-state index contributed by atoms with van der Waals surface area (Å²) in [5.74, 6) is -6.91. The molecule has 2 aromatic heterocycles. The van der Waals surface area contributed by atoms with E-state index in [0.717, 1.165) is 53.3 Å². The Kier molecular flexibility index (Phi) is 11.2. The molecule has 5 aromatic rings. The highest BCUT2D eigenvalue weighted by Gasteiger charge is 2.42. The van der Waals surface area contributed by atoms with Crippen LogP contribution >= 0.6 is 0 Å². The zero-order chi connectivity index (χ0) is 44.0. The molecule has 9 rings (SSSR count). The number of urea groups is 1. The smallest absolute Gasteiger partial charge is 0.328 e. The average molecular weight is 866 g/mol. The minimum Gasteiger partial charge on any atom is -0.503 e. The number of halogens is 3. The maximum absolute atomic E-state index is 14.2. The third-order valence-electron chi connectivity index (χ3n) is 12.9. The summed E-state index contributed by atoms with van der Waals surface area (Å²) in [7, 11) is 0. The fourth-order valence-electron chi connectivity index (χ4n) is 9.18. The number of hydrogen-bond acceptors (Lipinski definition) is 10. The Morgan fingerprint density at radius 2 is 1.70 bits per heavy atom. The number of hydrogen-bond donors (Lipinski definition) is 3. The molecule has 63 heavy (non-hydrogen) atoms. The molecule has 0 bridgehead atoms. The van der Waals surface area contributed by atoms with Crippen molar-refractivity contribution in [2.45, 2.75) is 63.5 Å². The van der Waals surface area contributed by atoms with Crippen molar-refractivity contribution in [2.75, 3.05) is 55.7 Å². The molecule has 328 valence electrons. The van der Waals surface area contributed by atoms with Gasteiger partial charge in [-0.25, -0.2) is 23.5 Å². The normalized spacial score (nSPS) is 20.3. The van der Waals surface area contributed by atoms with E-state index in [9.17, 15) is 37.5 Å². The van der Waals surface area contributed by atoms with Gasteiger partial charge in [0.2, 0.25) is 17.7 Å². The fourth-order valence-corrected chi connectivity index (χ4v) is 9.18. The van der Waals surface area contributed by atoms with E-state index in [1.54, 1.807) is 12.1 Å². The van der Waals surface area contributed by atoms with E-state index in [2.05, 4.69) is 15.5 Å². The van der Waals surface area contributed by atoms with E-state index in [1.165, 1.54) is 4.90 Å². The molecule has 1 saturated carbocycles. The van der Waals surface area contributed by atoms with Gasteiger partial charge in [0, 0.05) is 79.9 Å². The van der Waals surface area contributed by atoms with Gasteiger partial charge in [-0.3, -0.25) is 29.3 Å². The highest BCUT2D eigenvalue weighted by molar-refractivity contribution is 6.06. The maximum atomic E-state index is 14.2. The highest BCUT2D eigenvalue weighted by atomic mass is 19.2. The summed E-state index contributed by atoms with van der Waals surface area (Å²) in [4.78, 5) is 65.5. The first kappa shape index (κ1) is 41.8. The Labute approximate surface area is 360 Å². The van der Waals surface area contributed by atoms with Crippen LogP contribution in [0.4, 0.5) is 29.6 Å². The van der Waals surface area contributed by atoms with Crippen molar-refractivity contribution >= 4 is 46.3 Å². The number of aromatic hydroxyl groups is 1. The maximum Gasteiger partial charge on any atom is 0.328 e. The zero-order valence-corrected chi connectivity index (χ0v) is 34.6. The van der Waals surface area contributed by atoms with Gasteiger partial charge in [-0.15, -0.1) is 0 Å². The van der Waals surface area contributed by atoms with Crippen LogP contribution in [0.2, 0.25) is 0 Å². The fraction of sp³-hybridized carbons (Fsp3) is 0.400. The number of phenols is 1. The molecule has 1 spiro atoms. The van der Waals surface area contributed by atoms with Crippen LogP contribution in [-0.4, -0.2) is 105 Å². The third-order valence-corrected chi connectivity index (χ3v) is 12.9. The number of imide groups is 1. The van der Waals surface area contributed by atoms with Crippen molar-refractivity contribution in [1.82, 2.24) is 35.3 Å². The zero-order valence-electron chi connectivity index (χ0n) is 34.6. The number of fused-ring (bicyclic) bond motifs is 1. The molecule has 0 atom stereocenters. The van der Waals surface area contributed by atoms with Gasteiger partial charge in [-0.1, -0.05) is 18.2 Å². The second-order valence-corrected chi connectivity index (χ2v) is 16.9. The lowest BCUT2D eigenvalue weighted by atomic mass is 9.86. The Morgan fingerprint density at radius 3 is 2.44 bits per heavy atom. The first-order valence-electron chi connectivity index (χ1n) is 21.2. The number of rotatable bonds is 8. The molecular formula is C45H46F3N9O6. The Bertz CT molecular complexity index is 2610. The molecule has 4 fully saturated rings. The summed E-state index contributed by atoms with van der Waals surface area (Å²) < 4.78 is 50.0. The quantitative estimate of drug-likeness (QED) is 0.156. The van der Waals surface area contributed by atoms with Gasteiger partial charge < -0.3 is 25.0 Å². The predicted octanol–water partition coefficient (Wildman–Crippen LogP) is 6.04. The Hall–Kier alpha value is -6.56. The van der Waals surface area contributed by atoms with Crippen LogP contribution in [0, 0.1) is 30.3 Å². The average Bonchev–Trinajstić information content (AvgIpc) is 3.73. The van der Waals surface area contributed by atoms with Crippen LogP contribution < -0.4 is 20.4 Å². The lowest BCUT2D eigenvalue weighted by molar-refractivity contribution is -0.120. The number of morpholine rings is 1. The molecule has 18 heteroatoms. The molecule has 5 amide bonds. The van der Waals surface area contributed by atoms with Gasteiger partial charge in [0.05, 0.1) is 35.9 Å². The number of nitrogens with zero attached hydrogens (tertiary/aromatic N) is 7. The Morgan fingerprint density at radius 1 is 0.937 bits per heavy atom. The summed E-state index contributed by atoms with van der Waals surface area (Å²) in [6, 6.07) is 11.5. The van der Waals surface area contributed by atoms with Gasteiger partial charge in [0.25, 0.3) is 11.8 Å². The first-order chi connectivity index (χ1) is 30.3. The Balaban J connectivity index is 0.775. The van der Waals surface area contributed by atoms with Gasteiger partial charge in [0.1, 0.15) is 0 Å². The number of carbonyl (C=O) groups is 4. The highest BCUT2D eigenvalue weighted by Crippen LogP contribution is 2.35. The summed E-state index contributed by atoms with van der Waals surface area (Å²) in [6.07, 6.45) is 10.4. The van der Waals surface area contributed by atoms with Crippen molar-refractivity contribution in [1.29, 1.82) is 0 Å². The van der Waals surface area contributed by atoms with E-state index in [0.29, 0.717) is 68.9 Å². The number of piperidine rings is 1. The molecule has 3 aliphatic heterocycles. The van der Waals surface area contributed by atoms with Gasteiger partial charge >= 0.3 is 6.03 Å². The van der Waals surface area contributed by atoms with Crippen molar-refractivity contribution in [3.63, 3.8) is 0 Å². The minimum atomic E-state index is -1.79. The summed E-state index contributed by atoms with van der Waals surface area (Å²) in [6.45, 7) is 4.98. The SMILES string of the molecule is Cc1ccc(C(=O)N2CCOC3(CCN(c4ncc(-c5ccc6cn(C7CCC(CNC(=O)c8cc(F)c(O)c(F)c8F)CC7)nc6c5)cn4)CC3)C2)cc1N1CCC(=O)NC1=O. The number of phenolic OH excluding ortho intramolecular Hbond substituents is 1. The van der Waals surface area contributed by atoms with Crippen LogP contribution in [0.1, 0.15) is 77.3 Å². The van der Waals surface area contributed by atoms with E-state index in [-0.39, 0.29) is 43.3 Å². The van der Waals surface area contributed by atoms with Gasteiger partial charge in [-0.05, 0) is 86.8 Å². The van der Waals surface area contributed by atoms with Gasteiger partial charge in [0.15, 0.2) is 17.4 Å². The molecule has 1 aliphatic carbocycles. The number of amides is 5. The van der Waals surface area contributed by atoms with Crippen LogP contribution in [0.5, 0.6) is 5.75 Å². The van der Waals surface area contributed by atoms with E-state index in [4.69, 9.17) is 19.8 Å². The van der Waals surface area contributed by atoms with Crippen molar-refractivity contribution in [3.05, 3.63) is 95.2 Å². The number of nitrogens with one attached hydrogen (secondary N) is 2. The molecule has 3 saturated heterocycles. The lowest BCUT2D eigenvalue weighted by Crippen LogP contribution is -2.58. The van der Waals surface area contributed by atoms with Crippen LogP contribution in [-0.2, 0) is 9.53 Å².